The fourth-order valence-corrected chi connectivity index (χ4v) is 2.71. The van der Waals surface area contributed by atoms with Crippen molar-refractivity contribution in [2.75, 3.05) is 0 Å². The quantitative estimate of drug-likeness (QED) is 0.641. The second-order valence-electron chi connectivity index (χ2n) is 5.16. The van der Waals surface area contributed by atoms with Gasteiger partial charge in [0.25, 0.3) is 0 Å². The van der Waals surface area contributed by atoms with Crippen molar-refractivity contribution >= 4 is 0 Å². The third-order valence-electron chi connectivity index (χ3n) is 3.34. The van der Waals surface area contributed by atoms with Crippen LogP contribution in [0.2, 0.25) is 0 Å². The van der Waals surface area contributed by atoms with E-state index in [1.165, 1.54) is 19.3 Å². The maximum Gasteiger partial charge on any atom is 0.0622 e. The first-order valence-corrected chi connectivity index (χ1v) is 5.13. The Morgan fingerprint density at radius 1 is 1.17 bits per heavy atom. The Hall–Kier alpha value is -0.0400. The van der Waals surface area contributed by atoms with Crippen molar-refractivity contribution in [1.82, 2.24) is 0 Å². The predicted molar refractivity (Wildman–Crippen MR) is 52.0 cm³/mol. The van der Waals surface area contributed by atoms with E-state index in [0.29, 0.717) is 11.8 Å². The number of hydrogen-bond donors (Lipinski definition) is 1. The molecule has 0 spiro atoms. The van der Waals surface area contributed by atoms with E-state index in [9.17, 15) is 5.11 Å². The molecular formula is C11H22O. The molecule has 0 aromatic heterocycles. The van der Waals surface area contributed by atoms with Gasteiger partial charge in [0, 0.05) is 0 Å². The van der Waals surface area contributed by atoms with Crippen LogP contribution in [0.25, 0.3) is 0 Å². The molecule has 1 aliphatic carbocycles. The topological polar surface area (TPSA) is 20.2 Å². The summed E-state index contributed by atoms with van der Waals surface area (Å²) in [6.45, 7) is 8.49. The van der Waals surface area contributed by atoms with Gasteiger partial charge in [-0.25, -0.2) is 0 Å². The van der Waals surface area contributed by atoms with Crippen LogP contribution in [-0.2, 0) is 0 Å². The Bertz CT molecular complexity index is 146. The molecule has 0 saturated heterocycles. The Labute approximate surface area is 76.2 Å². The molecule has 3 atom stereocenters. The van der Waals surface area contributed by atoms with Crippen molar-refractivity contribution in [2.24, 2.45) is 17.8 Å². The average Bonchev–Trinajstić information content (AvgIpc) is 1.83. The molecule has 1 N–H and O–H groups in total. The van der Waals surface area contributed by atoms with Gasteiger partial charge in [-0.15, -0.1) is 0 Å². The van der Waals surface area contributed by atoms with Gasteiger partial charge in [0.1, 0.15) is 0 Å². The number of rotatable bonds is 1. The SMILES string of the molecule is C[C@@H]1CCC(C(C)(C)O)[C@H](C)C1. The molecule has 12 heavy (non-hydrogen) atoms. The molecule has 0 heterocycles. The van der Waals surface area contributed by atoms with Crippen molar-refractivity contribution in [3.63, 3.8) is 0 Å². The van der Waals surface area contributed by atoms with Gasteiger partial charge in [0.05, 0.1) is 5.60 Å². The van der Waals surface area contributed by atoms with E-state index in [-0.39, 0.29) is 0 Å². The van der Waals surface area contributed by atoms with Crippen LogP contribution < -0.4 is 0 Å². The fourth-order valence-electron chi connectivity index (χ4n) is 2.71. The molecule has 1 nitrogen and oxygen atoms in total. The van der Waals surface area contributed by atoms with Crippen molar-refractivity contribution in [2.45, 2.75) is 52.6 Å². The van der Waals surface area contributed by atoms with E-state index >= 15 is 0 Å². The van der Waals surface area contributed by atoms with Gasteiger partial charge in [-0.3, -0.25) is 0 Å². The highest BCUT2D eigenvalue weighted by atomic mass is 16.3. The zero-order valence-corrected chi connectivity index (χ0v) is 8.80. The molecule has 1 fully saturated rings. The van der Waals surface area contributed by atoms with Crippen LogP contribution in [0, 0.1) is 17.8 Å². The van der Waals surface area contributed by atoms with Gasteiger partial charge in [-0.2, -0.15) is 0 Å². The maximum absolute atomic E-state index is 9.90. The Morgan fingerprint density at radius 2 is 1.75 bits per heavy atom. The highest BCUT2D eigenvalue weighted by Gasteiger charge is 2.35. The van der Waals surface area contributed by atoms with Crippen LogP contribution in [0.3, 0.4) is 0 Å². The monoisotopic (exact) mass is 170 g/mol. The van der Waals surface area contributed by atoms with Crippen LogP contribution in [0.5, 0.6) is 0 Å². The van der Waals surface area contributed by atoms with Crippen molar-refractivity contribution in [3.8, 4) is 0 Å². The zero-order valence-electron chi connectivity index (χ0n) is 8.80. The second-order valence-corrected chi connectivity index (χ2v) is 5.16. The van der Waals surface area contributed by atoms with Crippen molar-refractivity contribution in [3.05, 3.63) is 0 Å². The first-order chi connectivity index (χ1) is 5.41. The normalized spacial score (nSPS) is 38.2. The molecule has 1 heteroatoms. The number of aliphatic hydroxyl groups is 1. The highest BCUT2D eigenvalue weighted by molar-refractivity contribution is 4.85. The third-order valence-corrected chi connectivity index (χ3v) is 3.34. The molecule has 1 unspecified atom stereocenters. The van der Waals surface area contributed by atoms with E-state index in [4.69, 9.17) is 0 Å². The lowest BCUT2D eigenvalue weighted by Crippen LogP contribution is -2.38. The Kier molecular flexibility index (Phi) is 2.82. The lowest BCUT2D eigenvalue weighted by atomic mass is 9.69. The smallest absolute Gasteiger partial charge is 0.0622 e. The first-order valence-electron chi connectivity index (χ1n) is 5.13. The molecule has 0 amide bonds. The van der Waals surface area contributed by atoms with Gasteiger partial charge in [-0.05, 0) is 44.4 Å². The fraction of sp³-hybridized carbons (Fsp3) is 1.00. The van der Waals surface area contributed by atoms with Crippen LogP contribution in [0.1, 0.15) is 47.0 Å². The van der Waals surface area contributed by atoms with Gasteiger partial charge in [-0.1, -0.05) is 20.3 Å². The van der Waals surface area contributed by atoms with E-state index < -0.39 is 5.60 Å². The van der Waals surface area contributed by atoms with Gasteiger partial charge in [0.2, 0.25) is 0 Å². The lowest BCUT2D eigenvalue weighted by Gasteiger charge is -2.39. The summed E-state index contributed by atoms with van der Waals surface area (Å²) in [6.07, 6.45) is 3.78. The summed E-state index contributed by atoms with van der Waals surface area (Å²) in [4.78, 5) is 0. The van der Waals surface area contributed by atoms with E-state index in [2.05, 4.69) is 13.8 Å². The molecule has 72 valence electrons. The molecule has 0 bridgehead atoms. The molecule has 0 aromatic carbocycles. The standard InChI is InChI=1S/C11H22O/c1-8-5-6-10(9(2)7-8)11(3,4)12/h8-10,12H,5-7H2,1-4H3/t8-,9-,10?/m1/s1. The van der Waals surface area contributed by atoms with Gasteiger partial charge in [0.15, 0.2) is 0 Å². The summed E-state index contributed by atoms with van der Waals surface area (Å²) in [5.41, 5.74) is -0.473. The largest absolute Gasteiger partial charge is 0.390 e. The van der Waals surface area contributed by atoms with Crippen LogP contribution >= 0.6 is 0 Å². The zero-order chi connectivity index (χ0) is 9.35. The Morgan fingerprint density at radius 3 is 2.17 bits per heavy atom. The van der Waals surface area contributed by atoms with E-state index in [1.807, 2.05) is 13.8 Å². The minimum Gasteiger partial charge on any atom is -0.390 e. The second kappa shape index (κ2) is 3.37. The van der Waals surface area contributed by atoms with Crippen LogP contribution in [0.15, 0.2) is 0 Å². The summed E-state index contributed by atoms with van der Waals surface area (Å²) in [6, 6.07) is 0. The minimum atomic E-state index is -0.473. The van der Waals surface area contributed by atoms with E-state index in [1.54, 1.807) is 0 Å². The molecule has 0 aromatic rings. The maximum atomic E-state index is 9.90. The molecular weight excluding hydrogens is 148 g/mol. The van der Waals surface area contributed by atoms with Gasteiger partial charge >= 0.3 is 0 Å². The molecule has 1 rings (SSSR count). The molecule has 1 aliphatic rings. The van der Waals surface area contributed by atoms with E-state index in [0.717, 1.165) is 5.92 Å². The summed E-state index contributed by atoms with van der Waals surface area (Å²) in [5.74, 6) is 2.06. The number of hydrogen-bond acceptors (Lipinski definition) is 1. The van der Waals surface area contributed by atoms with Crippen molar-refractivity contribution < 1.29 is 5.11 Å². The van der Waals surface area contributed by atoms with Crippen LogP contribution in [-0.4, -0.2) is 10.7 Å². The predicted octanol–water partition coefficient (Wildman–Crippen LogP) is 2.83. The molecule has 0 radical (unpaired) electrons. The van der Waals surface area contributed by atoms with Crippen molar-refractivity contribution in [1.29, 1.82) is 0 Å². The average molecular weight is 170 g/mol. The molecule has 1 saturated carbocycles. The first kappa shape index (κ1) is 10.0. The third kappa shape index (κ3) is 2.22. The Balaban J connectivity index is 2.57. The lowest BCUT2D eigenvalue weighted by molar-refractivity contribution is -0.0302. The summed E-state index contributed by atoms with van der Waals surface area (Å²) in [5, 5.41) is 9.90. The summed E-state index contributed by atoms with van der Waals surface area (Å²) >= 11 is 0. The van der Waals surface area contributed by atoms with Gasteiger partial charge < -0.3 is 5.11 Å². The summed E-state index contributed by atoms with van der Waals surface area (Å²) < 4.78 is 0. The molecule has 0 aliphatic heterocycles. The summed E-state index contributed by atoms with van der Waals surface area (Å²) in [7, 11) is 0. The van der Waals surface area contributed by atoms with Crippen LogP contribution in [0.4, 0.5) is 0 Å². The minimum absolute atomic E-state index is 0.473. The highest BCUT2D eigenvalue weighted by Crippen LogP contribution is 2.39.